The highest BCUT2D eigenvalue weighted by Crippen LogP contribution is 2.28. The first kappa shape index (κ1) is 15.4. The van der Waals surface area contributed by atoms with E-state index in [0.717, 1.165) is 0 Å². The Kier molecular flexibility index (Phi) is 3.52. The second-order valence-electron chi connectivity index (χ2n) is 5.41. The minimum absolute atomic E-state index is 0.219. The first-order valence-electron chi connectivity index (χ1n) is 7.37. The van der Waals surface area contributed by atoms with Crippen LogP contribution in [0.15, 0.2) is 35.1 Å². The van der Waals surface area contributed by atoms with Gasteiger partial charge in [0.1, 0.15) is 0 Å². The summed E-state index contributed by atoms with van der Waals surface area (Å²) in [5.74, 6) is 0.485. The largest absolute Gasteiger partial charge is 0.389 e. The Morgan fingerprint density at radius 3 is 2.84 bits per heavy atom. The van der Waals surface area contributed by atoms with Crippen molar-refractivity contribution in [1.29, 1.82) is 0 Å². The second kappa shape index (κ2) is 5.72. The Hall–Kier alpha value is -3.17. The Morgan fingerprint density at radius 1 is 1.16 bits per heavy atom. The minimum Gasteiger partial charge on any atom is -0.356 e. The third-order valence-corrected chi connectivity index (χ3v) is 3.65. The Bertz CT molecular complexity index is 1040. The normalized spacial score (nSPS) is 12.1. The smallest absolute Gasteiger partial charge is 0.356 e. The SMILES string of the molecule is FC(F)(F)CCc1noc2cc(Nc3n[nH]c4nccnc34)ccc12. The molecule has 0 amide bonds. The van der Waals surface area contributed by atoms with Crippen LogP contribution in [-0.2, 0) is 6.42 Å². The predicted molar refractivity (Wildman–Crippen MR) is 83.4 cm³/mol. The van der Waals surface area contributed by atoms with Crippen LogP contribution in [-0.4, -0.2) is 31.5 Å². The van der Waals surface area contributed by atoms with Gasteiger partial charge in [-0.05, 0) is 12.1 Å². The van der Waals surface area contributed by atoms with E-state index in [1.807, 2.05) is 0 Å². The lowest BCUT2D eigenvalue weighted by Crippen LogP contribution is -2.08. The summed E-state index contributed by atoms with van der Waals surface area (Å²) in [6.07, 6.45) is -2.28. The maximum absolute atomic E-state index is 12.4. The summed E-state index contributed by atoms with van der Waals surface area (Å²) in [7, 11) is 0. The molecule has 0 saturated heterocycles. The monoisotopic (exact) mass is 348 g/mol. The molecule has 0 saturated carbocycles. The van der Waals surface area contributed by atoms with Crippen molar-refractivity contribution in [3.63, 3.8) is 0 Å². The van der Waals surface area contributed by atoms with Gasteiger partial charge < -0.3 is 9.84 Å². The van der Waals surface area contributed by atoms with Crippen molar-refractivity contribution < 1.29 is 17.7 Å². The zero-order valence-corrected chi connectivity index (χ0v) is 12.6. The molecule has 3 aromatic heterocycles. The van der Waals surface area contributed by atoms with E-state index in [4.69, 9.17) is 4.52 Å². The number of alkyl halides is 3. The van der Waals surface area contributed by atoms with Crippen molar-refractivity contribution in [3.05, 3.63) is 36.3 Å². The molecule has 10 heteroatoms. The van der Waals surface area contributed by atoms with Crippen molar-refractivity contribution in [1.82, 2.24) is 25.3 Å². The molecule has 3 heterocycles. The summed E-state index contributed by atoms with van der Waals surface area (Å²) in [4.78, 5) is 8.29. The lowest BCUT2D eigenvalue weighted by Gasteiger charge is -2.04. The zero-order chi connectivity index (χ0) is 17.4. The van der Waals surface area contributed by atoms with Crippen LogP contribution in [0.1, 0.15) is 12.1 Å². The molecule has 0 radical (unpaired) electrons. The maximum Gasteiger partial charge on any atom is 0.389 e. The number of rotatable bonds is 4. The molecule has 0 aliphatic rings. The van der Waals surface area contributed by atoms with Gasteiger partial charge >= 0.3 is 6.18 Å². The van der Waals surface area contributed by atoms with Crippen LogP contribution < -0.4 is 5.32 Å². The number of benzene rings is 1. The van der Waals surface area contributed by atoms with Crippen LogP contribution in [0.25, 0.3) is 22.1 Å². The van der Waals surface area contributed by atoms with E-state index >= 15 is 0 Å². The summed E-state index contributed by atoms with van der Waals surface area (Å²) >= 11 is 0. The van der Waals surface area contributed by atoms with Crippen LogP contribution in [0.2, 0.25) is 0 Å². The number of aryl methyl sites for hydroxylation is 1. The Labute approximate surface area is 138 Å². The summed E-state index contributed by atoms with van der Waals surface area (Å²) in [5.41, 5.74) is 2.44. The van der Waals surface area contributed by atoms with Crippen molar-refractivity contribution in [2.75, 3.05) is 5.32 Å². The molecule has 0 aliphatic carbocycles. The molecule has 0 atom stereocenters. The number of H-pyrrole nitrogens is 1. The van der Waals surface area contributed by atoms with Gasteiger partial charge in [-0.3, -0.25) is 5.10 Å². The van der Waals surface area contributed by atoms with E-state index in [1.165, 1.54) is 0 Å². The molecule has 1 aromatic carbocycles. The highest BCUT2D eigenvalue weighted by Gasteiger charge is 2.27. The van der Waals surface area contributed by atoms with Gasteiger partial charge in [-0.25, -0.2) is 9.97 Å². The molecule has 0 fully saturated rings. The topological polar surface area (TPSA) is 92.5 Å². The number of halogens is 3. The third kappa shape index (κ3) is 3.10. The molecule has 0 bridgehead atoms. The van der Waals surface area contributed by atoms with Gasteiger partial charge in [-0.2, -0.15) is 18.3 Å². The minimum atomic E-state index is -4.23. The van der Waals surface area contributed by atoms with Gasteiger partial charge in [0.05, 0.1) is 5.69 Å². The summed E-state index contributed by atoms with van der Waals surface area (Å²) in [6, 6.07) is 5.03. The van der Waals surface area contributed by atoms with E-state index in [1.54, 1.807) is 30.6 Å². The summed E-state index contributed by atoms with van der Waals surface area (Å²) < 4.78 is 42.2. The van der Waals surface area contributed by atoms with Gasteiger partial charge in [0.2, 0.25) is 0 Å². The lowest BCUT2D eigenvalue weighted by atomic mass is 10.1. The highest BCUT2D eigenvalue weighted by molar-refractivity contribution is 5.88. The molecule has 128 valence electrons. The molecular weight excluding hydrogens is 337 g/mol. The summed E-state index contributed by atoms with van der Waals surface area (Å²) in [6.45, 7) is 0. The zero-order valence-electron chi connectivity index (χ0n) is 12.6. The van der Waals surface area contributed by atoms with Crippen LogP contribution in [0.5, 0.6) is 0 Å². The quantitative estimate of drug-likeness (QED) is 0.584. The molecule has 4 aromatic rings. The van der Waals surface area contributed by atoms with E-state index in [9.17, 15) is 13.2 Å². The molecule has 0 spiro atoms. The Morgan fingerprint density at radius 2 is 2.00 bits per heavy atom. The number of hydrogen-bond donors (Lipinski definition) is 2. The molecule has 2 N–H and O–H groups in total. The number of nitrogens with zero attached hydrogens (tertiary/aromatic N) is 4. The van der Waals surface area contributed by atoms with Crippen molar-refractivity contribution in [3.8, 4) is 0 Å². The van der Waals surface area contributed by atoms with Crippen LogP contribution in [0, 0.1) is 0 Å². The predicted octanol–water partition coefficient (Wildman–Crippen LogP) is 3.73. The number of hydrogen-bond acceptors (Lipinski definition) is 6. The third-order valence-electron chi connectivity index (χ3n) is 3.65. The van der Waals surface area contributed by atoms with Gasteiger partial charge in [0, 0.05) is 42.4 Å². The van der Waals surface area contributed by atoms with Gasteiger partial charge in [-0.15, -0.1) is 0 Å². The standard InChI is InChI=1S/C15H11F3N6O/c16-15(17,18)4-3-10-9-2-1-8(7-11(9)25-24-10)21-14-12-13(22-23-14)20-6-5-19-12/h1-2,5-7H,3-4H2,(H2,20,21,22,23). The second-order valence-corrected chi connectivity index (χ2v) is 5.41. The van der Waals surface area contributed by atoms with E-state index in [-0.39, 0.29) is 12.1 Å². The lowest BCUT2D eigenvalue weighted by molar-refractivity contribution is -0.134. The molecular formula is C15H11F3N6O. The highest BCUT2D eigenvalue weighted by atomic mass is 19.4. The fourth-order valence-corrected chi connectivity index (χ4v) is 2.49. The molecule has 7 nitrogen and oxygen atoms in total. The Balaban J connectivity index is 1.59. The van der Waals surface area contributed by atoms with Crippen LogP contribution >= 0.6 is 0 Å². The summed E-state index contributed by atoms with van der Waals surface area (Å²) in [5, 5.41) is 14.2. The average Bonchev–Trinajstić information content (AvgIpc) is 3.17. The van der Waals surface area contributed by atoms with Gasteiger partial charge in [0.25, 0.3) is 0 Å². The first-order valence-corrected chi connectivity index (χ1v) is 7.37. The van der Waals surface area contributed by atoms with Crippen molar-refractivity contribution >= 4 is 33.6 Å². The van der Waals surface area contributed by atoms with Crippen LogP contribution in [0.3, 0.4) is 0 Å². The maximum atomic E-state index is 12.4. The van der Waals surface area contributed by atoms with E-state index in [0.29, 0.717) is 33.6 Å². The van der Waals surface area contributed by atoms with Crippen LogP contribution in [0.4, 0.5) is 24.7 Å². The molecule has 0 unspecified atom stereocenters. The van der Waals surface area contributed by atoms with E-state index in [2.05, 4.69) is 30.6 Å². The van der Waals surface area contributed by atoms with Crippen molar-refractivity contribution in [2.24, 2.45) is 0 Å². The number of anilines is 2. The molecule has 25 heavy (non-hydrogen) atoms. The first-order chi connectivity index (χ1) is 12.0. The molecule has 4 rings (SSSR count). The number of fused-ring (bicyclic) bond motifs is 2. The van der Waals surface area contributed by atoms with Gasteiger partial charge in [-0.1, -0.05) is 5.16 Å². The fraction of sp³-hybridized carbons (Fsp3) is 0.200. The van der Waals surface area contributed by atoms with Gasteiger partial charge in [0.15, 0.2) is 22.6 Å². The van der Waals surface area contributed by atoms with Crippen molar-refractivity contribution in [2.45, 2.75) is 19.0 Å². The molecule has 0 aliphatic heterocycles. The fourth-order valence-electron chi connectivity index (χ4n) is 2.49. The number of nitrogens with one attached hydrogen (secondary N) is 2. The number of aromatic amines is 1. The average molecular weight is 348 g/mol. The van der Waals surface area contributed by atoms with E-state index < -0.39 is 12.6 Å². The number of aromatic nitrogens is 5.